The largest absolute Gasteiger partial charge is 0.476 e. The smallest absolute Gasteiger partial charge is 0.356 e. The lowest BCUT2D eigenvalue weighted by molar-refractivity contribution is 0.0689. The average Bonchev–Trinajstić information content (AvgIpc) is 2.81. The standard InChI is InChI=1S/C12H14N6O2/c1-18-10-4-2-7(6-9(10)15-17-18)13-11-5-3-8(12(19)20)14-16-11/h3,5,7H,2,4,6H2,1H3,(H,13,16)(H,19,20). The number of carboxylic acids is 1. The van der Waals surface area contributed by atoms with Crippen LogP contribution in [0.4, 0.5) is 5.82 Å². The molecule has 1 aliphatic rings. The lowest BCUT2D eigenvalue weighted by Crippen LogP contribution is -2.28. The minimum Gasteiger partial charge on any atom is -0.476 e. The maximum Gasteiger partial charge on any atom is 0.356 e. The Kier molecular flexibility index (Phi) is 3.05. The number of nitrogens with one attached hydrogen (secondary N) is 1. The van der Waals surface area contributed by atoms with Gasteiger partial charge >= 0.3 is 5.97 Å². The van der Waals surface area contributed by atoms with Gasteiger partial charge in [-0.05, 0) is 25.0 Å². The monoisotopic (exact) mass is 274 g/mol. The van der Waals surface area contributed by atoms with Gasteiger partial charge in [0.25, 0.3) is 0 Å². The second kappa shape index (κ2) is 4.87. The number of rotatable bonds is 3. The van der Waals surface area contributed by atoms with Crippen molar-refractivity contribution in [3.63, 3.8) is 0 Å². The van der Waals surface area contributed by atoms with Gasteiger partial charge < -0.3 is 10.4 Å². The minimum absolute atomic E-state index is 0.0598. The maximum absolute atomic E-state index is 10.7. The summed E-state index contributed by atoms with van der Waals surface area (Å²) in [5.41, 5.74) is 2.12. The van der Waals surface area contributed by atoms with Crippen molar-refractivity contribution in [2.45, 2.75) is 25.3 Å². The van der Waals surface area contributed by atoms with Crippen LogP contribution in [0, 0.1) is 0 Å². The molecule has 8 heteroatoms. The van der Waals surface area contributed by atoms with Crippen molar-refractivity contribution in [1.82, 2.24) is 25.2 Å². The number of carboxylic acid groups (broad SMARTS) is 1. The van der Waals surface area contributed by atoms with Gasteiger partial charge in [-0.15, -0.1) is 15.3 Å². The molecule has 1 atom stereocenters. The van der Waals surface area contributed by atoms with Gasteiger partial charge in [-0.3, -0.25) is 4.68 Å². The van der Waals surface area contributed by atoms with Crippen LogP contribution < -0.4 is 5.32 Å². The second-order valence-electron chi connectivity index (χ2n) is 4.80. The molecular formula is C12H14N6O2. The molecule has 20 heavy (non-hydrogen) atoms. The molecule has 0 saturated heterocycles. The fourth-order valence-corrected chi connectivity index (χ4v) is 2.39. The van der Waals surface area contributed by atoms with E-state index in [-0.39, 0.29) is 11.7 Å². The van der Waals surface area contributed by atoms with E-state index in [1.54, 1.807) is 6.07 Å². The summed E-state index contributed by atoms with van der Waals surface area (Å²) in [6, 6.07) is 3.28. The first-order chi connectivity index (χ1) is 9.63. The molecule has 2 N–H and O–H groups in total. The highest BCUT2D eigenvalue weighted by molar-refractivity contribution is 5.85. The number of carbonyl (C=O) groups is 1. The first-order valence-electron chi connectivity index (χ1n) is 6.34. The topological polar surface area (TPSA) is 106 Å². The van der Waals surface area contributed by atoms with Gasteiger partial charge in [0.1, 0.15) is 5.82 Å². The summed E-state index contributed by atoms with van der Waals surface area (Å²) in [6.07, 6.45) is 2.65. The van der Waals surface area contributed by atoms with Gasteiger partial charge in [0.05, 0.1) is 11.4 Å². The highest BCUT2D eigenvalue weighted by atomic mass is 16.4. The van der Waals surface area contributed by atoms with Gasteiger partial charge in [-0.1, -0.05) is 5.21 Å². The highest BCUT2D eigenvalue weighted by Crippen LogP contribution is 2.20. The number of nitrogens with zero attached hydrogens (tertiary/aromatic N) is 5. The number of aromatic carboxylic acids is 1. The van der Waals surface area contributed by atoms with E-state index >= 15 is 0 Å². The Morgan fingerprint density at radius 2 is 2.25 bits per heavy atom. The van der Waals surface area contributed by atoms with Crippen molar-refractivity contribution in [2.75, 3.05) is 5.32 Å². The van der Waals surface area contributed by atoms with Gasteiger partial charge in [-0.25, -0.2) is 4.79 Å². The van der Waals surface area contributed by atoms with E-state index < -0.39 is 5.97 Å². The number of fused-ring (bicyclic) bond motifs is 1. The third-order valence-electron chi connectivity index (χ3n) is 3.43. The molecule has 0 amide bonds. The summed E-state index contributed by atoms with van der Waals surface area (Å²) in [7, 11) is 1.90. The first-order valence-corrected chi connectivity index (χ1v) is 6.34. The zero-order chi connectivity index (χ0) is 14.1. The van der Waals surface area contributed by atoms with Crippen molar-refractivity contribution < 1.29 is 9.90 Å². The van der Waals surface area contributed by atoms with Crippen molar-refractivity contribution in [1.29, 1.82) is 0 Å². The van der Waals surface area contributed by atoms with Crippen LogP contribution in [-0.2, 0) is 19.9 Å². The Hall–Kier alpha value is -2.51. The Balaban J connectivity index is 1.68. The molecule has 1 aliphatic carbocycles. The fourth-order valence-electron chi connectivity index (χ4n) is 2.39. The first kappa shape index (κ1) is 12.5. The lowest BCUT2D eigenvalue weighted by atomic mass is 9.96. The van der Waals surface area contributed by atoms with Gasteiger partial charge in [0.15, 0.2) is 5.69 Å². The van der Waals surface area contributed by atoms with E-state index in [0.29, 0.717) is 5.82 Å². The third-order valence-corrected chi connectivity index (χ3v) is 3.43. The lowest BCUT2D eigenvalue weighted by Gasteiger charge is -2.22. The highest BCUT2D eigenvalue weighted by Gasteiger charge is 2.23. The summed E-state index contributed by atoms with van der Waals surface area (Å²) < 4.78 is 1.81. The quantitative estimate of drug-likeness (QED) is 0.827. The molecular weight excluding hydrogens is 260 g/mol. The van der Waals surface area contributed by atoms with Crippen LogP contribution in [-0.4, -0.2) is 42.3 Å². The van der Waals surface area contributed by atoms with Crippen LogP contribution in [0.3, 0.4) is 0 Å². The van der Waals surface area contributed by atoms with Crippen LogP contribution in [0.5, 0.6) is 0 Å². The molecule has 0 saturated carbocycles. The minimum atomic E-state index is -1.08. The molecule has 0 radical (unpaired) electrons. The summed E-state index contributed by atoms with van der Waals surface area (Å²) in [4.78, 5) is 10.7. The van der Waals surface area contributed by atoms with Crippen LogP contribution in [0.25, 0.3) is 0 Å². The summed E-state index contributed by atoms with van der Waals surface area (Å²) in [5, 5.41) is 27.7. The molecule has 8 nitrogen and oxygen atoms in total. The molecule has 0 aliphatic heterocycles. The summed E-state index contributed by atoms with van der Waals surface area (Å²) >= 11 is 0. The Morgan fingerprint density at radius 3 is 2.95 bits per heavy atom. The zero-order valence-corrected chi connectivity index (χ0v) is 10.9. The van der Waals surface area contributed by atoms with E-state index in [2.05, 4.69) is 25.8 Å². The molecule has 104 valence electrons. The van der Waals surface area contributed by atoms with Gasteiger partial charge in [0.2, 0.25) is 0 Å². The average molecular weight is 274 g/mol. The molecule has 0 bridgehead atoms. The molecule has 1 unspecified atom stereocenters. The van der Waals surface area contributed by atoms with Crippen LogP contribution in [0.2, 0.25) is 0 Å². The molecule has 0 spiro atoms. The van der Waals surface area contributed by atoms with E-state index in [0.717, 1.165) is 25.0 Å². The molecule has 0 aromatic carbocycles. The van der Waals surface area contributed by atoms with E-state index in [1.165, 1.54) is 11.8 Å². The number of aryl methyl sites for hydroxylation is 1. The Labute approximate surface area is 114 Å². The second-order valence-corrected chi connectivity index (χ2v) is 4.80. The normalized spacial score (nSPS) is 17.6. The van der Waals surface area contributed by atoms with Crippen molar-refractivity contribution in [3.05, 3.63) is 29.2 Å². The number of hydrogen-bond donors (Lipinski definition) is 2. The number of hydrogen-bond acceptors (Lipinski definition) is 6. The molecule has 3 rings (SSSR count). The third kappa shape index (κ3) is 2.31. The summed E-state index contributed by atoms with van der Waals surface area (Å²) in [6.45, 7) is 0. The summed E-state index contributed by atoms with van der Waals surface area (Å²) in [5.74, 6) is -0.502. The van der Waals surface area contributed by atoms with Crippen molar-refractivity contribution in [3.8, 4) is 0 Å². The fraction of sp³-hybridized carbons (Fsp3) is 0.417. The molecule has 2 aromatic heterocycles. The van der Waals surface area contributed by atoms with Crippen molar-refractivity contribution in [2.24, 2.45) is 7.05 Å². The van der Waals surface area contributed by atoms with E-state index in [9.17, 15) is 4.79 Å². The predicted molar refractivity (Wildman–Crippen MR) is 69.4 cm³/mol. The predicted octanol–water partition coefficient (Wildman–Crippen LogP) is 0.273. The van der Waals surface area contributed by atoms with Crippen LogP contribution >= 0.6 is 0 Å². The van der Waals surface area contributed by atoms with Gasteiger partial charge in [-0.2, -0.15) is 0 Å². The Bertz CT molecular complexity index is 636. The van der Waals surface area contributed by atoms with Crippen LogP contribution in [0.15, 0.2) is 12.1 Å². The zero-order valence-electron chi connectivity index (χ0n) is 10.9. The molecule has 2 aromatic rings. The maximum atomic E-state index is 10.7. The van der Waals surface area contributed by atoms with E-state index in [4.69, 9.17) is 5.11 Å². The Morgan fingerprint density at radius 1 is 1.40 bits per heavy atom. The van der Waals surface area contributed by atoms with E-state index in [1.807, 2.05) is 11.7 Å². The molecule has 2 heterocycles. The molecule has 0 fully saturated rings. The van der Waals surface area contributed by atoms with Crippen LogP contribution in [0.1, 0.15) is 28.3 Å². The number of aromatic nitrogens is 5. The number of anilines is 1. The van der Waals surface area contributed by atoms with Crippen molar-refractivity contribution >= 4 is 11.8 Å². The van der Waals surface area contributed by atoms with Gasteiger partial charge in [0, 0.05) is 19.5 Å². The SMILES string of the molecule is Cn1nnc2c1CCC(Nc1ccc(C(=O)O)nn1)C2.